The number of benzene rings is 1. The summed E-state index contributed by atoms with van der Waals surface area (Å²) in [6.07, 6.45) is 0. The normalized spacial score (nSPS) is 13.8. The molecule has 96 valence electrons. The SMILES string of the molecule is CCNC(C)c1cccc(F)c1SC(C)(C)C. The first-order valence-corrected chi connectivity index (χ1v) is 6.87. The molecular weight excluding hydrogens is 233 g/mol. The van der Waals surface area contributed by atoms with E-state index in [1.807, 2.05) is 6.07 Å². The maximum atomic E-state index is 13.9. The van der Waals surface area contributed by atoms with Gasteiger partial charge in [-0.25, -0.2) is 4.39 Å². The fourth-order valence-corrected chi connectivity index (χ4v) is 2.84. The molecule has 0 heterocycles. The van der Waals surface area contributed by atoms with Crippen molar-refractivity contribution in [3.63, 3.8) is 0 Å². The van der Waals surface area contributed by atoms with Crippen LogP contribution in [0.25, 0.3) is 0 Å². The summed E-state index contributed by atoms with van der Waals surface area (Å²) in [5.41, 5.74) is 1.05. The fourth-order valence-electron chi connectivity index (χ4n) is 1.70. The minimum Gasteiger partial charge on any atom is -0.310 e. The van der Waals surface area contributed by atoms with Crippen molar-refractivity contribution in [3.8, 4) is 0 Å². The molecule has 0 aliphatic carbocycles. The molecule has 1 N–H and O–H groups in total. The molecule has 0 aliphatic rings. The van der Waals surface area contributed by atoms with Gasteiger partial charge in [-0.2, -0.15) is 0 Å². The van der Waals surface area contributed by atoms with E-state index in [0.717, 1.165) is 17.0 Å². The van der Waals surface area contributed by atoms with E-state index < -0.39 is 0 Å². The number of nitrogens with one attached hydrogen (secondary N) is 1. The van der Waals surface area contributed by atoms with Crippen LogP contribution >= 0.6 is 11.8 Å². The van der Waals surface area contributed by atoms with Crippen LogP contribution < -0.4 is 5.32 Å². The number of rotatable bonds is 4. The Balaban J connectivity index is 3.08. The Kier molecular flexibility index (Phi) is 5.02. The number of hydrogen-bond donors (Lipinski definition) is 1. The summed E-state index contributed by atoms with van der Waals surface area (Å²) in [6, 6.07) is 5.51. The molecule has 0 spiro atoms. The van der Waals surface area contributed by atoms with Crippen molar-refractivity contribution in [1.29, 1.82) is 0 Å². The van der Waals surface area contributed by atoms with Gasteiger partial charge in [0, 0.05) is 15.7 Å². The average molecular weight is 255 g/mol. The third-order valence-corrected chi connectivity index (χ3v) is 3.63. The molecule has 0 saturated heterocycles. The van der Waals surface area contributed by atoms with E-state index in [1.54, 1.807) is 17.8 Å². The van der Waals surface area contributed by atoms with Crippen molar-refractivity contribution in [1.82, 2.24) is 5.32 Å². The van der Waals surface area contributed by atoms with Gasteiger partial charge in [0.2, 0.25) is 0 Å². The van der Waals surface area contributed by atoms with Gasteiger partial charge in [-0.05, 0) is 25.1 Å². The predicted octanol–water partition coefficient (Wildman–Crippen LogP) is 4.39. The highest BCUT2D eigenvalue weighted by Gasteiger charge is 2.20. The third-order valence-electron chi connectivity index (χ3n) is 2.38. The first-order chi connectivity index (χ1) is 7.85. The lowest BCUT2D eigenvalue weighted by molar-refractivity contribution is 0.556. The van der Waals surface area contributed by atoms with E-state index in [2.05, 4.69) is 39.9 Å². The Bertz CT molecular complexity index is 371. The Morgan fingerprint density at radius 1 is 1.35 bits per heavy atom. The molecule has 0 bridgehead atoms. The molecule has 0 amide bonds. The van der Waals surface area contributed by atoms with Crippen molar-refractivity contribution in [2.45, 2.75) is 50.3 Å². The summed E-state index contributed by atoms with van der Waals surface area (Å²) in [6.45, 7) is 11.3. The fraction of sp³-hybridized carbons (Fsp3) is 0.571. The molecule has 0 fully saturated rings. The second-order valence-electron chi connectivity index (χ2n) is 5.15. The number of halogens is 1. The van der Waals surface area contributed by atoms with Gasteiger partial charge in [0.15, 0.2) is 0 Å². The quantitative estimate of drug-likeness (QED) is 0.801. The third kappa shape index (κ3) is 4.32. The van der Waals surface area contributed by atoms with Crippen LogP contribution in [0.4, 0.5) is 4.39 Å². The number of thioether (sulfide) groups is 1. The van der Waals surface area contributed by atoms with Crippen molar-refractivity contribution < 1.29 is 4.39 Å². The van der Waals surface area contributed by atoms with Gasteiger partial charge in [-0.3, -0.25) is 0 Å². The monoisotopic (exact) mass is 255 g/mol. The van der Waals surface area contributed by atoms with Crippen LogP contribution in [0.3, 0.4) is 0 Å². The summed E-state index contributed by atoms with van der Waals surface area (Å²) in [4.78, 5) is 0.772. The highest BCUT2D eigenvalue weighted by Crippen LogP contribution is 2.37. The summed E-state index contributed by atoms with van der Waals surface area (Å²) < 4.78 is 13.9. The van der Waals surface area contributed by atoms with E-state index in [0.29, 0.717) is 0 Å². The number of hydrogen-bond acceptors (Lipinski definition) is 2. The Morgan fingerprint density at radius 3 is 2.53 bits per heavy atom. The standard InChI is InChI=1S/C14H22FNS/c1-6-16-10(2)11-8-7-9-12(15)13(11)17-14(3,4)5/h7-10,16H,6H2,1-5H3. The van der Waals surface area contributed by atoms with Gasteiger partial charge in [0.25, 0.3) is 0 Å². The predicted molar refractivity (Wildman–Crippen MR) is 74.1 cm³/mol. The molecule has 1 aromatic carbocycles. The van der Waals surface area contributed by atoms with Gasteiger partial charge < -0.3 is 5.32 Å². The summed E-state index contributed by atoms with van der Waals surface area (Å²) in [7, 11) is 0. The molecule has 0 radical (unpaired) electrons. The van der Waals surface area contributed by atoms with Gasteiger partial charge >= 0.3 is 0 Å². The first kappa shape index (κ1) is 14.5. The summed E-state index contributed by atoms with van der Waals surface area (Å²) in [5, 5.41) is 3.34. The zero-order chi connectivity index (χ0) is 13.1. The van der Waals surface area contributed by atoms with E-state index in [1.165, 1.54) is 6.07 Å². The van der Waals surface area contributed by atoms with Crippen molar-refractivity contribution in [3.05, 3.63) is 29.6 Å². The average Bonchev–Trinajstić information content (AvgIpc) is 2.19. The highest BCUT2D eigenvalue weighted by molar-refractivity contribution is 8.00. The van der Waals surface area contributed by atoms with Crippen LogP contribution in [0.5, 0.6) is 0 Å². The molecule has 17 heavy (non-hydrogen) atoms. The molecule has 1 atom stereocenters. The van der Waals surface area contributed by atoms with Crippen LogP contribution in [0, 0.1) is 5.82 Å². The minimum absolute atomic E-state index is 0.0167. The zero-order valence-corrected chi connectivity index (χ0v) is 12.1. The highest BCUT2D eigenvalue weighted by atomic mass is 32.2. The van der Waals surface area contributed by atoms with Crippen LogP contribution in [0.1, 0.15) is 46.2 Å². The first-order valence-electron chi connectivity index (χ1n) is 6.06. The molecule has 1 unspecified atom stereocenters. The van der Waals surface area contributed by atoms with Crippen LogP contribution in [-0.2, 0) is 0 Å². The summed E-state index contributed by atoms with van der Waals surface area (Å²) in [5.74, 6) is -0.118. The molecule has 0 aliphatic heterocycles. The lowest BCUT2D eigenvalue weighted by Gasteiger charge is -2.23. The van der Waals surface area contributed by atoms with Gasteiger partial charge in [0.1, 0.15) is 5.82 Å². The largest absolute Gasteiger partial charge is 0.310 e. The Morgan fingerprint density at radius 2 is 2.00 bits per heavy atom. The molecule has 1 nitrogen and oxygen atoms in total. The second-order valence-corrected chi connectivity index (χ2v) is 6.99. The summed E-state index contributed by atoms with van der Waals surface area (Å²) >= 11 is 1.59. The lowest BCUT2D eigenvalue weighted by atomic mass is 10.1. The van der Waals surface area contributed by atoms with Crippen molar-refractivity contribution in [2.24, 2.45) is 0 Å². The van der Waals surface area contributed by atoms with Gasteiger partial charge in [-0.1, -0.05) is 39.8 Å². The van der Waals surface area contributed by atoms with Gasteiger partial charge in [0.05, 0.1) is 0 Å². The maximum Gasteiger partial charge on any atom is 0.137 e. The van der Waals surface area contributed by atoms with E-state index in [9.17, 15) is 4.39 Å². The smallest absolute Gasteiger partial charge is 0.137 e. The molecule has 3 heteroatoms. The molecule has 1 rings (SSSR count). The minimum atomic E-state index is -0.118. The van der Waals surface area contributed by atoms with Crippen LogP contribution in [0.15, 0.2) is 23.1 Å². The van der Waals surface area contributed by atoms with Gasteiger partial charge in [-0.15, -0.1) is 11.8 Å². The second kappa shape index (κ2) is 5.87. The topological polar surface area (TPSA) is 12.0 Å². The molecular formula is C14H22FNS. The molecule has 1 aromatic rings. The van der Waals surface area contributed by atoms with E-state index in [-0.39, 0.29) is 16.6 Å². The van der Waals surface area contributed by atoms with Crippen molar-refractivity contribution >= 4 is 11.8 Å². The molecule has 0 aromatic heterocycles. The van der Waals surface area contributed by atoms with E-state index >= 15 is 0 Å². The van der Waals surface area contributed by atoms with E-state index in [4.69, 9.17) is 0 Å². The Hall–Kier alpha value is -0.540. The van der Waals surface area contributed by atoms with Crippen molar-refractivity contribution in [2.75, 3.05) is 6.54 Å². The maximum absolute atomic E-state index is 13.9. The van der Waals surface area contributed by atoms with Crippen LogP contribution in [0.2, 0.25) is 0 Å². The molecule has 0 saturated carbocycles. The Labute approximate surface area is 108 Å². The van der Waals surface area contributed by atoms with Crippen LogP contribution in [-0.4, -0.2) is 11.3 Å². The zero-order valence-electron chi connectivity index (χ0n) is 11.3. The lowest BCUT2D eigenvalue weighted by Crippen LogP contribution is -2.19.